The van der Waals surface area contributed by atoms with Crippen molar-refractivity contribution in [1.82, 2.24) is 4.90 Å². The Morgan fingerprint density at radius 2 is 1.81 bits per heavy atom. The van der Waals surface area contributed by atoms with E-state index in [4.69, 9.17) is 15.2 Å². The molecule has 32 heavy (non-hydrogen) atoms. The Labute approximate surface area is 191 Å². The zero-order valence-electron chi connectivity index (χ0n) is 18.4. The summed E-state index contributed by atoms with van der Waals surface area (Å²) in [6.07, 6.45) is 0.584. The molecule has 0 spiro atoms. The van der Waals surface area contributed by atoms with Crippen LogP contribution in [0.4, 0.5) is 5.00 Å². The highest BCUT2D eigenvalue weighted by Gasteiger charge is 2.30. The van der Waals surface area contributed by atoms with E-state index in [0.29, 0.717) is 52.7 Å². The van der Waals surface area contributed by atoms with Crippen molar-refractivity contribution in [2.75, 3.05) is 19.4 Å². The van der Waals surface area contributed by atoms with Gasteiger partial charge in [-0.15, -0.1) is 11.3 Å². The molecule has 0 saturated carbocycles. The number of carbonyl (C=O) groups is 2. The van der Waals surface area contributed by atoms with Gasteiger partial charge in [0.1, 0.15) is 0 Å². The molecule has 4 rings (SSSR count). The molecule has 0 fully saturated rings. The van der Waals surface area contributed by atoms with E-state index in [9.17, 15) is 9.59 Å². The quantitative estimate of drug-likeness (QED) is 0.557. The maximum Gasteiger partial charge on any atom is 0.254 e. The summed E-state index contributed by atoms with van der Waals surface area (Å²) in [4.78, 5) is 29.0. The number of amides is 1. The van der Waals surface area contributed by atoms with Gasteiger partial charge in [-0.1, -0.05) is 18.2 Å². The predicted molar refractivity (Wildman–Crippen MR) is 126 cm³/mol. The van der Waals surface area contributed by atoms with Gasteiger partial charge in [-0.2, -0.15) is 0 Å². The zero-order chi connectivity index (χ0) is 22.8. The minimum Gasteiger partial charge on any atom is -0.493 e. The van der Waals surface area contributed by atoms with Gasteiger partial charge in [0.25, 0.3) is 5.91 Å². The topological polar surface area (TPSA) is 81.9 Å². The second-order valence-corrected chi connectivity index (χ2v) is 9.08. The zero-order valence-corrected chi connectivity index (χ0v) is 19.2. The monoisotopic (exact) mass is 450 g/mol. The van der Waals surface area contributed by atoms with Crippen LogP contribution >= 0.6 is 11.3 Å². The molecule has 0 atom stereocenters. The molecular weight excluding hydrogens is 424 g/mol. The largest absolute Gasteiger partial charge is 0.493 e. The Kier molecular flexibility index (Phi) is 6.19. The average Bonchev–Trinajstić information content (AvgIpc) is 3.13. The van der Waals surface area contributed by atoms with Crippen LogP contribution in [-0.4, -0.2) is 36.3 Å². The van der Waals surface area contributed by atoms with Crippen molar-refractivity contribution in [2.45, 2.75) is 32.9 Å². The lowest BCUT2D eigenvalue weighted by molar-refractivity contribution is 0.0737. The predicted octanol–water partition coefficient (Wildman–Crippen LogP) is 4.56. The van der Waals surface area contributed by atoms with Gasteiger partial charge < -0.3 is 20.1 Å². The van der Waals surface area contributed by atoms with Crippen LogP contribution in [0.2, 0.25) is 0 Å². The van der Waals surface area contributed by atoms with Crippen molar-refractivity contribution in [2.24, 2.45) is 0 Å². The second kappa shape index (κ2) is 9.04. The van der Waals surface area contributed by atoms with Gasteiger partial charge in [0.15, 0.2) is 17.3 Å². The third-order valence-electron chi connectivity index (χ3n) is 5.41. The smallest absolute Gasteiger partial charge is 0.254 e. The molecule has 166 valence electrons. The van der Waals surface area contributed by atoms with Crippen LogP contribution in [0.3, 0.4) is 0 Å². The van der Waals surface area contributed by atoms with Gasteiger partial charge in [-0.3, -0.25) is 9.59 Å². The number of thiophene rings is 1. The van der Waals surface area contributed by atoms with E-state index in [1.54, 1.807) is 25.3 Å². The summed E-state index contributed by atoms with van der Waals surface area (Å²) in [7, 11) is 1.55. The highest BCUT2D eigenvalue weighted by Crippen LogP contribution is 2.38. The fraction of sp³-hybridized carbons (Fsp3) is 0.280. The molecular formula is C25H26N2O4S. The number of rotatable bonds is 6. The molecule has 0 unspecified atom stereocenters. The SMILES string of the molecule is COc1cc(C(=O)c2c(N)sc3c2CCN(C(=O)c2ccccc2)C3)ccc1OC(C)C. The minimum absolute atomic E-state index is 0.00784. The standard InChI is InChI=1S/C25H26N2O4S/c1-15(2)31-19-10-9-17(13-20(19)30-3)23(28)22-18-11-12-27(14-21(18)32-24(22)26)25(29)16-7-5-4-6-8-16/h4-10,13,15H,11-12,14,26H2,1-3H3. The molecule has 1 amide bonds. The third-order valence-corrected chi connectivity index (χ3v) is 6.45. The first-order valence-electron chi connectivity index (χ1n) is 10.5. The number of nitrogen functional groups attached to an aromatic ring is 1. The number of nitrogens with zero attached hydrogens (tertiary/aromatic N) is 1. The highest BCUT2D eigenvalue weighted by atomic mass is 32.1. The van der Waals surface area contributed by atoms with E-state index >= 15 is 0 Å². The summed E-state index contributed by atoms with van der Waals surface area (Å²) in [5.41, 5.74) is 8.93. The Balaban J connectivity index is 1.60. The number of fused-ring (bicyclic) bond motifs is 1. The number of anilines is 1. The lowest BCUT2D eigenvalue weighted by Crippen LogP contribution is -2.35. The lowest BCUT2D eigenvalue weighted by atomic mass is 9.96. The molecule has 1 aliphatic rings. The van der Waals surface area contributed by atoms with E-state index in [1.807, 2.05) is 49.1 Å². The first-order valence-corrected chi connectivity index (χ1v) is 11.3. The summed E-state index contributed by atoms with van der Waals surface area (Å²) >= 11 is 1.38. The van der Waals surface area contributed by atoms with Crippen LogP contribution in [0.15, 0.2) is 48.5 Å². The number of methoxy groups -OCH3 is 1. The molecule has 0 saturated heterocycles. The van der Waals surface area contributed by atoms with E-state index in [2.05, 4.69) is 0 Å². The van der Waals surface area contributed by atoms with Crippen LogP contribution in [0, 0.1) is 0 Å². The Morgan fingerprint density at radius 3 is 2.50 bits per heavy atom. The number of hydrogen-bond acceptors (Lipinski definition) is 6. The molecule has 2 N–H and O–H groups in total. The number of carbonyl (C=O) groups excluding carboxylic acids is 2. The third kappa shape index (κ3) is 4.21. The van der Waals surface area contributed by atoms with Gasteiger partial charge in [-0.25, -0.2) is 0 Å². The maximum absolute atomic E-state index is 13.4. The van der Waals surface area contributed by atoms with Crippen LogP contribution in [0.5, 0.6) is 11.5 Å². The fourth-order valence-electron chi connectivity index (χ4n) is 3.91. The fourth-order valence-corrected chi connectivity index (χ4v) is 5.05. The summed E-state index contributed by atoms with van der Waals surface area (Å²) in [6.45, 7) is 4.86. The Morgan fingerprint density at radius 1 is 1.06 bits per heavy atom. The van der Waals surface area contributed by atoms with Crippen molar-refractivity contribution in [3.05, 3.63) is 75.7 Å². The Bertz CT molecular complexity index is 1150. The van der Waals surface area contributed by atoms with Crippen molar-refractivity contribution in [3.63, 3.8) is 0 Å². The number of ether oxygens (including phenoxy) is 2. The molecule has 1 aromatic heterocycles. The molecule has 0 aliphatic carbocycles. The second-order valence-electron chi connectivity index (χ2n) is 7.95. The van der Waals surface area contributed by atoms with Crippen molar-refractivity contribution in [3.8, 4) is 11.5 Å². The number of hydrogen-bond donors (Lipinski definition) is 1. The number of ketones is 1. The highest BCUT2D eigenvalue weighted by molar-refractivity contribution is 7.16. The summed E-state index contributed by atoms with van der Waals surface area (Å²) in [5.74, 6) is 0.945. The molecule has 6 nitrogen and oxygen atoms in total. The molecule has 2 heterocycles. The van der Waals surface area contributed by atoms with E-state index in [0.717, 1.165) is 10.4 Å². The molecule has 3 aromatic rings. The minimum atomic E-state index is -0.141. The van der Waals surface area contributed by atoms with Gasteiger partial charge in [0, 0.05) is 22.5 Å². The summed E-state index contributed by atoms with van der Waals surface area (Å²) < 4.78 is 11.2. The molecule has 0 radical (unpaired) electrons. The molecule has 1 aliphatic heterocycles. The number of benzene rings is 2. The van der Waals surface area contributed by atoms with Crippen molar-refractivity contribution < 1.29 is 19.1 Å². The molecule has 2 aromatic carbocycles. The maximum atomic E-state index is 13.4. The van der Waals surface area contributed by atoms with Crippen molar-refractivity contribution >= 4 is 28.0 Å². The van der Waals surface area contributed by atoms with Crippen molar-refractivity contribution in [1.29, 1.82) is 0 Å². The normalized spacial score (nSPS) is 13.1. The van der Waals surface area contributed by atoms with E-state index < -0.39 is 0 Å². The summed E-state index contributed by atoms with van der Waals surface area (Å²) in [5, 5.41) is 0.482. The molecule has 0 bridgehead atoms. The van der Waals surface area contributed by atoms with Gasteiger partial charge in [-0.05, 0) is 56.2 Å². The van der Waals surface area contributed by atoms with Crippen LogP contribution in [-0.2, 0) is 13.0 Å². The first kappa shape index (κ1) is 21.9. The first-order chi connectivity index (χ1) is 15.4. The van der Waals surface area contributed by atoms with Crippen LogP contribution in [0.1, 0.15) is 50.6 Å². The van der Waals surface area contributed by atoms with Crippen LogP contribution < -0.4 is 15.2 Å². The van der Waals surface area contributed by atoms with Gasteiger partial charge in [0.2, 0.25) is 0 Å². The van der Waals surface area contributed by atoms with E-state index in [-0.39, 0.29) is 17.8 Å². The van der Waals surface area contributed by atoms with E-state index in [1.165, 1.54) is 11.3 Å². The average molecular weight is 451 g/mol. The van der Waals surface area contributed by atoms with Gasteiger partial charge >= 0.3 is 0 Å². The lowest BCUT2D eigenvalue weighted by Gasteiger charge is -2.27. The van der Waals surface area contributed by atoms with Gasteiger partial charge in [0.05, 0.1) is 30.3 Å². The number of nitrogens with two attached hydrogens (primary N) is 1. The summed E-state index contributed by atoms with van der Waals surface area (Å²) in [6, 6.07) is 14.4. The molecule has 7 heteroatoms. The van der Waals surface area contributed by atoms with Crippen LogP contribution in [0.25, 0.3) is 0 Å². The Hall–Kier alpha value is -3.32.